The second-order valence-corrected chi connectivity index (χ2v) is 6.40. The Bertz CT molecular complexity index is 549. The van der Waals surface area contributed by atoms with E-state index in [1.807, 2.05) is 26.0 Å². The molecule has 0 spiro atoms. The van der Waals surface area contributed by atoms with E-state index in [9.17, 15) is 4.79 Å². The molecule has 2 rings (SSSR count). The Balaban J connectivity index is 2.08. The van der Waals surface area contributed by atoms with E-state index in [2.05, 4.69) is 10.6 Å². The normalized spacial score (nSPS) is 18.5. The van der Waals surface area contributed by atoms with Crippen LogP contribution in [0, 0.1) is 0 Å². The van der Waals surface area contributed by atoms with Crippen molar-refractivity contribution in [3.8, 4) is 11.5 Å². The SMILES string of the molecule is COc1cc(CN[C@H]2CCCCNC2=O)cc(Cl)c1OC(C)C. The van der Waals surface area contributed by atoms with E-state index in [1.54, 1.807) is 7.11 Å². The number of carbonyl (C=O) groups excluding carboxylic acids is 1. The highest BCUT2D eigenvalue weighted by Gasteiger charge is 2.20. The molecule has 1 fully saturated rings. The maximum Gasteiger partial charge on any atom is 0.237 e. The minimum absolute atomic E-state index is 0.0139. The molecule has 0 radical (unpaired) electrons. The first kappa shape index (κ1) is 17.9. The highest BCUT2D eigenvalue weighted by molar-refractivity contribution is 6.32. The highest BCUT2D eigenvalue weighted by atomic mass is 35.5. The van der Waals surface area contributed by atoms with Gasteiger partial charge in [0.25, 0.3) is 0 Å². The summed E-state index contributed by atoms with van der Waals surface area (Å²) in [7, 11) is 1.59. The number of hydrogen-bond acceptors (Lipinski definition) is 4. The predicted octanol–water partition coefficient (Wildman–Crippen LogP) is 2.89. The first-order valence-electron chi connectivity index (χ1n) is 8.05. The first-order valence-corrected chi connectivity index (χ1v) is 8.43. The van der Waals surface area contributed by atoms with Gasteiger partial charge in [0.1, 0.15) is 0 Å². The zero-order valence-corrected chi connectivity index (χ0v) is 14.7. The summed E-state index contributed by atoms with van der Waals surface area (Å²) in [4.78, 5) is 12.0. The third-order valence-corrected chi connectivity index (χ3v) is 4.01. The zero-order chi connectivity index (χ0) is 16.8. The van der Waals surface area contributed by atoms with E-state index in [1.165, 1.54) is 0 Å². The number of carbonyl (C=O) groups is 1. The lowest BCUT2D eigenvalue weighted by Crippen LogP contribution is -2.42. The Morgan fingerprint density at radius 2 is 2.17 bits per heavy atom. The van der Waals surface area contributed by atoms with Gasteiger partial charge >= 0.3 is 0 Å². The number of nitrogens with one attached hydrogen (secondary N) is 2. The molecule has 0 aromatic heterocycles. The zero-order valence-electron chi connectivity index (χ0n) is 13.9. The van der Waals surface area contributed by atoms with Gasteiger partial charge in [0.15, 0.2) is 11.5 Å². The lowest BCUT2D eigenvalue weighted by atomic mass is 10.1. The smallest absolute Gasteiger partial charge is 0.237 e. The van der Waals surface area contributed by atoms with Crippen molar-refractivity contribution >= 4 is 17.5 Å². The van der Waals surface area contributed by atoms with Crippen molar-refractivity contribution in [2.75, 3.05) is 13.7 Å². The second kappa shape index (κ2) is 8.41. The van der Waals surface area contributed by atoms with Gasteiger partial charge in [0.2, 0.25) is 5.91 Å². The summed E-state index contributed by atoms with van der Waals surface area (Å²) in [5, 5.41) is 6.74. The molecule has 5 nitrogen and oxygen atoms in total. The molecule has 1 aromatic rings. The molecule has 1 atom stereocenters. The van der Waals surface area contributed by atoms with Crippen LogP contribution in [0.15, 0.2) is 12.1 Å². The van der Waals surface area contributed by atoms with Gasteiger partial charge in [-0.05, 0) is 50.8 Å². The molecule has 0 unspecified atom stereocenters. The van der Waals surface area contributed by atoms with E-state index >= 15 is 0 Å². The van der Waals surface area contributed by atoms with Gasteiger partial charge in [-0.15, -0.1) is 0 Å². The maximum atomic E-state index is 12.0. The molecule has 1 aliphatic heterocycles. The van der Waals surface area contributed by atoms with Crippen molar-refractivity contribution in [3.05, 3.63) is 22.7 Å². The van der Waals surface area contributed by atoms with Crippen LogP contribution in [-0.2, 0) is 11.3 Å². The monoisotopic (exact) mass is 340 g/mol. The van der Waals surface area contributed by atoms with Crippen LogP contribution in [0.5, 0.6) is 11.5 Å². The molecular weight excluding hydrogens is 316 g/mol. The fourth-order valence-electron chi connectivity index (χ4n) is 2.60. The molecule has 0 aliphatic carbocycles. The molecule has 0 saturated carbocycles. The lowest BCUT2D eigenvalue weighted by Gasteiger charge is -2.18. The number of rotatable bonds is 6. The number of methoxy groups -OCH3 is 1. The molecular formula is C17H25ClN2O3. The van der Waals surface area contributed by atoms with E-state index < -0.39 is 0 Å². The van der Waals surface area contributed by atoms with Crippen molar-refractivity contribution in [3.63, 3.8) is 0 Å². The average Bonchev–Trinajstić information content (AvgIpc) is 2.71. The second-order valence-electron chi connectivity index (χ2n) is 6.00. The number of amides is 1. The molecule has 1 aliphatic rings. The summed E-state index contributed by atoms with van der Waals surface area (Å²) in [6.07, 6.45) is 2.94. The van der Waals surface area contributed by atoms with Gasteiger partial charge < -0.3 is 20.1 Å². The van der Waals surface area contributed by atoms with Crippen molar-refractivity contribution in [1.82, 2.24) is 10.6 Å². The highest BCUT2D eigenvalue weighted by Crippen LogP contribution is 2.37. The minimum Gasteiger partial charge on any atom is -0.493 e. The summed E-state index contributed by atoms with van der Waals surface area (Å²) in [5.41, 5.74) is 0.958. The molecule has 1 saturated heterocycles. The Kier molecular flexibility index (Phi) is 6.54. The Labute approximate surface area is 142 Å². The third-order valence-electron chi connectivity index (χ3n) is 3.73. The summed E-state index contributed by atoms with van der Waals surface area (Å²) in [6.45, 7) is 5.19. The minimum atomic E-state index is -0.158. The van der Waals surface area contributed by atoms with Crippen LogP contribution in [-0.4, -0.2) is 31.7 Å². The summed E-state index contributed by atoms with van der Waals surface area (Å²) < 4.78 is 11.1. The largest absolute Gasteiger partial charge is 0.493 e. The standard InChI is InChI=1S/C17H25ClN2O3/c1-11(2)23-16-13(18)8-12(9-15(16)22-3)10-20-14-6-4-5-7-19-17(14)21/h8-9,11,14,20H,4-7,10H2,1-3H3,(H,19,21)/t14-/m0/s1. The summed E-state index contributed by atoms with van der Waals surface area (Å²) >= 11 is 6.32. The van der Waals surface area contributed by atoms with Gasteiger partial charge in [0.05, 0.1) is 24.3 Å². The van der Waals surface area contributed by atoms with Gasteiger partial charge in [0, 0.05) is 13.1 Å². The van der Waals surface area contributed by atoms with Crippen LogP contribution < -0.4 is 20.1 Å². The van der Waals surface area contributed by atoms with Crippen LogP contribution >= 0.6 is 11.6 Å². The van der Waals surface area contributed by atoms with E-state index in [0.29, 0.717) is 23.1 Å². The quantitative estimate of drug-likeness (QED) is 0.836. The lowest BCUT2D eigenvalue weighted by molar-refractivity contribution is -0.122. The van der Waals surface area contributed by atoms with Crippen molar-refractivity contribution in [2.24, 2.45) is 0 Å². The van der Waals surface area contributed by atoms with Gasteiger partial charge in [-0.2, -0.15) is 0 Å². The molecule has 1 amide bonds. The maximum absolute atomic E-state index is 12.0. The van der Waals surface area contributed by atoms with Crippen molar-refractivity contribution in [2.45, 2.75) is 51.8 Å². The number of benzene rings is 1. The molecule has 1 aromatic carbocycles. The average molecular weight is 341 g/mol. The topological polar surface area (TPSA) is 59.6 Å². The molecule has 1 heterocycles. The van der Waals surface area contributed by atoms with Crippen LogP contribution in [0.3, 0.4) is 0 Å². The van der Waals surface area contributed by atoms with Crippen LogP contribution in [0.25, 0.3) is 0 Å². The molecule has 6 heteroatoms. The number of hydrogen-bond donors (Lipinski definition) is 2. The summed E-state index contributed by atoms with van der Waals surface area (Å²) in [5.74, 6) is 1.23. The van der Waals surface area contributed by atoms with E-state index in [-0.39, 0.29) is 18.1 Å². The van der Waals surface area contributed by atoms with Crippen LogP contribution in [0.4, 0.5) is 0 Å². The van der Waals surface area contributed by atoms with Crippen LogP contribution in [0.2, 0.25) is 5.02 Å². The van der Waals surface area contributed by atoms with Gasteiger partial charge in [-0.3, -0.25) is 4.79 Å². The predicted molar refractivity (Wildman–Crippen MR) is 91.3 cm³/mol. The van der Waals surface area contributed by atoms with Gasteiger partial charge in [-0.25, -0.2) is 0 Å². The van der Waals surface area contributed by atoms with Crippen LogP contribution in [0.1, 0.15) is 38.7 Å². The molecule has 23 heavy (non-hydrogen) atoms. The Morgan fingerprint density at radius 1 is 1.39 bits per heavy atom. The van der Waals surface area contributed by atoms with E-state index in [4.69, 9.17) is 21.1 Å². The van der Waals surface area contributed by atoms with Crippen molar-refractivity contribution < 1.29 is 14.3 Å². The molecule has 128 valence electrons. The molecule has 0 bridgehead atoms. The number of halogens is 1. The Morgan fingerprint density at radius 3 is 2.87 bits per heavy atom. The fourth-order valence-corrected chi connectivity index (χ4v) is 2.88. The Hall–Kier alpha value is -1.46. The van der Waals surface area contributed by atoms with E-state index in [0.717, 1.165) is 31.4 Å². The fraction of sp³-hybridized carbons (Fsp3) is 0.588. The third kappa shape index (κ3) is 5.01. The first-order chi connectivity index (χ1) is 11.0. The summed E-state index contributed by atoms with van der Waals surface area (Å²) in [6, 6.07) is 3.59. The van der Waals surface area contributed by atoms with Crippen molar-refractivity contribution in [1.29, 1.82) is 0 Å². The number of ether oxygens (including phenoxy) is 2. The molecule has 2 N–H and O–H groups in total. The van der Waals surface area contributed by atoms with Gasteiger partial charge in [-0.1, -0.05) is 11.6 Å².